The van der Waals surface area contributed by atoms with Crippen LogP contribution in [0.15, 0.2) is 18.5 Å². The van der Waals surface area contributed by atoms with Gasteiger partial charge in [0.05, 0.1) is 11.8 Å². The zero-order chi connectivity index (χ0) is 12.3. The first kappa shape index (κ1) is 12.3. The molecule has 0 aromatic carbocycles. The molecule has 5 heteroatoms. The second kappa shape index (κ2) is 5.45. The van der Waals surface area contributed by atoms with Crippen LogP contribution in [0.3, 0.4) is 0 Å². The fraction of sp³-hybridized carbons (Fsp3) is 0.500. The molecule has 1 aliphatic carbocycles. The number of hydrogen-bond acceptors (Lipinski definition) is 2. The molecular weight excluding hydrogens is 243 g/mol. The van der Waals surface area contributed by atoms with Gasteiger partial charge in [-0.25, -0.2) is 4.39 Å². The van der Waals surface area contributed by atoms with Gasteiger partial charge in [0.1, 0.15) is 5.82 Å². The zero-order valence-corrected chi connectivity index (χ0v) is 10.2. The summed E-state index contributed by atoms with van der Waals surface area (Å²) >= 11 is 5.70. The van der Waals surface area contributed by atoms with Gasteiger partial charge in [-0.15, -0.1) is 11.6 Å². The number of carbonyl (C=O) groups excluding carboxylic acids is 1. The van der Waals surface area contributed by atoms with Crippen molar-refractivity contribution in [3.8, 4) is 0 Å². The molecule has 0 aliphatic heterocycles. The lowest BCUT2D eigenvalue weighted by Crippen LogP contribution is -2.45. The summed E-state index contributed by atoms with van der Waals surface area (Å²) < 4.78 is 13.0. The minimum atomic E-state index is -0.490. The molecule has 0 saturated heterocycles. The maximum absolute atomic E-state index is 13.0. The highest BCUT2D eigenvalue weighted by atomic mass is 35.5. The summed E-state index contributed by atoms with van der Waals surface area (Å²) in [5.74, 6) is -0.275. The average molecular weight is 257 g/mol. The number of nitrogens with zero attached hydrogens (tertiary/aromatic N) is 2. The highest BCUT2D eigenvalue weighted by Crippen LogP contribution is 2.26. The summed E-state index contributed by atoms with van der Waals surface area (Å²) in [6.07, 6.45) is 5.63. The van der Waals surface area contributed by atoms with Crippen LogP contribution in [-0.4, -0.2) is 34.3 Å². The Morgan fingerprint density at radius 2 is 2.29 bits per heavy atom. The quantitative estimate of drug-likeness (QED) is 0.776. The summed E-state index contributed by atoms with van der Waals surface area (Å²) in [6.45, 7) is 0.502. The predicted octanol–water partition coefficient (Wildman–Crippen LogP) is 2.45. The molecule has 2 rings (SSSR count). The SMILES string of the molecule is O=C(c1cncc(F)c1)N(CCCl)C1CCC1. The molecule has 0 unspecified atom stereocenters. The molecule has 1 heterocycles. The van der Waals surface area contributed by atoms with Gasteiger partial charge in [-0.2, -0.15) is 0 Å². The van der Waals surface area contributed by atoms with Crippen LogP contribution in [-0.2, 0) is 0 Å². The lowest BCUT2D eigenvalue weighted by atomic mass is 9.91. The molecule has 0 N–H and O–H groups in total. The second-order valence-electron chi connectivity index (χ2n) is 4.16. The molecule has 1 amide bonds. The molecule has 1 aromatic heterocycles. The van der Waals surface area contributed by atoms with E-state index in [9.17, 15) is 9.18 Å². The Balaban J connectivity index is 2.15. The van der Waals surface area contributed by atoms with Crippen molar-refractivity contribution in [3.05, 3.63) is 29.8 Å². The third-order valence-corrected chi connectivity index (χ3v) is 3.22. The van der Waals surface area contributed by atoms with Gasteiger partial charge in [0, 0.05) is 24.7 Å². The fourth-order valence-electron chi connectivity index (χ4n) is 1.93. The van der Waals surface area contributed by atoms with Crippen molar-refractivity contribution in [3.63, 3.8) is 0 Å². The van der Waals surface area contributed by atoms with E-state index < -0.39 is 5.82 Å². The first-order valence-corrected chi connectivity index (χ1v) is 6.23. The predicted molar refractivity (Wildman–Crippen MR) is 63.6 cm³/mol. The first-order valence-electron chi connectivity index (χ1n) is 5.70. The lowest BCUT2D eigenvalue weighted by Gasteiger charge is -2.37. The van der Waals surface area contributed by atoms with Gasteiger partial charge in [0.2, 0.25) is 0 Å². The number of alkyl halides is 1. The van der Waals surface area contributed by atoms with Gasteiger partial charge < -0.3 is 4.90 Å². The number of halogens is 2. The van der Waals surface area contributed by atoms with Gasteiger partial charge in [-0.05, 0) is 25.3 Å². The molecular formula is C12H14ClFN2O. The zero-order valence-electron chi connectivity index (χ0n) is 9.40. The molecule has 1 saturated carbocycles. The number of pyridine rings is 1. The summed E-state index contributed by atoms with van der Waals surface area (Å²) in [6, 6.07) is 1.47. The van der Waals surface area contributed by atoms with Crippen LogP contribution in [0, 0.1) is 5.82 Å². The maximum atomic E-state index is 13.0. The summed E-state index contributed by atoms with van der Waals surface area (Å²) in [4.78, 5) is 17.6. The Morgan fingerprint density at radius 1 is 1.53 bits per heavy atom. The molecule has 0 atom stereocenters. The van der Waals surface area contributed by atoms with E-state index in [1.54, 1.807) is 4.90 Å². The van der Waals surface area contributed by atoms with Crippen LogP contribution in [0.5, 0.6) is 0 Å². The van der Waals surface area contributed by atoms with Crippen LogP contribution in [0.25, 0.3) is 0 Å². The third kappa shape index (κ3) is 2.75. The maximum Gasteiger partial charge on any atom is 0.255 e. The third-order valence-electron chi connectivity index (χ3n) is 3.05. The Hall–Kier alpha value is -1.16. The molecule has 0 radical (unpaired) electrons. The minimum Gasteiger partial charge on any atom is -0.334 e. The molecule has 3 nitrogen and oxygen atoms in total. The molecule has 0 spiro atoms. The number of aromatic nitrogens is 1. The summed E-state index contributed by atoms with van der Waals surface area (Å²) in [5.41, 5.74) is 0.294. The highest BCUT2D eigenvalue weighted by molar-refractivity contribution is 6.18. The Morgan fingerprint density at radius 3 is 2.82 bits per heavy atom. The van der Waals surface area contributed by atoms with Gasteiger partial charge in [-0.1, -0.05) is 0 Å². The molecule has 1 aromatic rings. The van der Waals surface area contributed by atoms with Gasteiger partial charge in [0.25, 0.3) is 5.91 Å². The normalized spacial score (nSPS) is 15.4. The van der Waals surface area contributed by atoms with E-state index in [-0.39, 0.29) is 11.9 Å². The average Bonchev–Trinajstić information content (AvgIpc) is 2.25. The fourth-order valence-corrected chi connectivity index (χ4v) is 2.12. The molecule has 1 fully saturated rings. The van der Waals surface area contributed by atoms with E-state index in [0.717, 1.165) is 25.5 Å². The second-order valence-corrected chi connectivity index (χ2v) is 4.54. The van der Waals surface area contributed by atoms with Crippen LogP contribution < -0.4 is 0 Å². The van der Waals surface area contributed by atoms with E-state index >= 15 is 0 Å². The van der Waals surface area contributed by atoms with Crippen molar-refractivity contribution < 1.29 is 9.18 Å². The van der Waals surface area contributed by atoms with Crippen LogP contribution in [0.1, 0.15) is 29.6 Å². The summed E-state index contributed by atoms with van der Waals surface area (Å²) in [5, 5.41) is 0. The largest absolute Gasteiger partial charge is 0.334 e. The number of hydrogen-bond donors (Lipinski definition) is 0. The van der Waals surface area contributed by atoms with Crippen molar-refractivity contribution >= 4 is 17.5 Å². The van der Waals surface area contributed by atoms with E-state index in [1.165, 1.54) is 12.3 Å². The van der Waals surface area contributed by atoms with E-state index in [1.807, 2.05) is 0 Å². The van der Waals surface area contributed by atoms with E-state index in [2.05, 4.69) is 4.98 Å². The Kier molecular flexibility index (Phi) is 3.94. The first-order chi connectivity index (χ1) is 8.22. The van der Waals surface area contributed by atoms with Crippen LogP contribution >= 0.6 is 11.6 Å². The standard InChI is InChI=1S/C12H14ClFN2O/c13-4-5-16(11-2-1-3-11)12(17)9-6-10(14)8-15-7-9/h6-8,11H,1-5H2. The molecule has 17 heavy (non-hydrogen) atoms. The van der Waals surface area contributed by atoms with Crippen molar-refractivity contribution in [2.45, 2.75) is 25.3 Å². The molecule has 0 bridgehead atoms. The van der Waals surface area contributed by atoms with Gasteiger partial charge >= 0.3 is 0 Å². The van der Waals surface area contributed by atoms with E-state index in [4.69, 9.17) is 11.6 Å². The Bertz CT molecular complexity index is 409. The van der Waals surface area contributed by atoms with Crippen molar-refractivity contribution in [2.24, 2.45) is 0 Å². The van der Waals surface area contributed by atoms with Gasteiger partial charge in [-0.3, -0.25) is 9.78 Å². The number of amides is 1. The Labute approximate surface area is 105 Å². The molecule has 1 aliphatic rings. The van der Waals surface area contributed by atoms with E-state index in [0.29, 0.717) is 18.0 Å². The lowest BCUT2D eigenvalue weighted by molar-refractivity contribution is 0.0597. The van der Waals surface area contributed by atoms with Crippen LogP contribution in [0.4, 0.5) is 4.39 Å². The number of rotatable bonds is 4. The van der Waals surface area contributed by atoms with Crippen molar-refractivity contribution in [1.29, 1.82) is 0 Å². The van der Waals surface area contributed by atoms with Gasteiger partial charge in [0.15, 0.2) is 0 Å². The summed E-state index contributed by atoms with van der Waals surface area (Å²) in [7, 11) is 0. The topological polar surface area (TPSA) is 33.2 Å². The smallest absolute Gasteiger partial charge is 0.255 e. The monoisotopic (exact) mass is 256 g/mol. The van der Waals surface area contributed by atoms with Crippen molar-refractivity contribution in [1.82, 2.24) is 9.88 Å². The number of carbonyl (C=O) groups is 1. The minimum absolute atomic E-state index is 0.178. The van der Waals surface area contributed by atoms with Crippen molar-refractivity contribution in [2.75, 3.05) is 12.4 Å². The van der Waals surface area contributed by atoms with Crippen LogP contribution in [0.2, 0.25) is 0 Å². The molecule has 92 valence electrons. The highest BCUT2D eigenvalue weighted by Gasteiger charge is 2.29.